The molecule has 0 aliphatic rings. The van der Waals surface area contributed by atoms with Crippen molar-refractivity contribution in [3.05, 3.63) is 16.6 Å². The predicted molar refractivity (Wildman–Crippen MR) is 77.3 cm³/mol. The number of thiazole rings is 1. The van der Waals surface area contributed by atoms with Crippen LogP contribution >= 0.6 is 11.3 Å². The van der Waals surface area contributed by atoms with Gasteiger partial charge in [-0.2, -0.15) is 0 Å². The molecule has 0 aliphatic carbocycles. The van der Waals surface area contributed by atoms with Gasteiger partial charge in [-0.3, -0.25) is 0 Å². The highest BCUT2D eigenvalue weighted by Gasteiger charge is 2.24. The molecule has 5 nitrogen and oxygen atoms in total. The highest BCUT2D eigenvalue weighted by Crippen LogP contribution is 2.09. The van der Waals surface area contributed by atoms with Gasteiger partial charge in [-0.05, 0) is 34.6 Å². The number of alkyl carbamates (subject to hydrolysis) is 1. The Morgan fingerprint density at radius 3 is 2.58 bits per heavy atom. The van der Waals surface area contributed by atoms with Gasteiger partial charge in [-0.25, -0.2) is 9.78 Å². The zero-order valence-electron chi connectivity index (χ0n) is 12.2. The molecule has 1 amide bonds. The maximum absolute atomic E-state index is 11.7. The van der Waals surface area contributed by atoms with Crippen molar-refractivity contribution in [2.45, 2.75) is 52.3 Å². The van der Waals surface area contributed by atoms with Crippen LogP contribution in [-0.2, 0) is 11.3 Å². The van der Waals surface area contributed by atoms with Crippen molar-refractivity contribution < 1.29 is 9.53 Å². The topological polar surface area (TPSA) is 63.2 Å². The molecule has 19 heavy (non-hydrogen) atoms. The average molecular weight is 285 g/mol. The Balaban J connectivity index is 2.32. The van der Waals surface area contributed by atoms with Crippen LogP contribution in [0, 0.1) is 0 Å². The highest BCUT2D eigenvalue weighted by molar-refractivity contribution is 7.07. The molecule has 108 valence electrons. The van der Waals surface area contributed by atoms with Crippen LogP contribution in [0.15, 0.2) is 10.9 Å². The largest absolute Gasteiger partial charge is 0.444 e. The second kappa shape index (κ2) is 6.34. The summed E-state index contributed by atoms with van der Waals surface area (Å²) in [4.78, 5) is 15.9. The summed E-state index contributed by atoms with van der Waals surface area (Å²) in [6.07, 6.45) is -0.395. The number of carbonyl (C=O) groups excluding carboxylic acids is 1. The third-order valence-electron chi connectivity index (χ3n) is 2.20. The summed E-state index contributed by atoms with van der Waals surface area (Å²) in [5, 5.41) is 8.12. The third kappa shape index (κ3) is 7.12. The van der Waals surface area contributed by atoms with Gasteiger partial charge < -0.3 is 15.4 Å². The van der Waals surface area contributed by atoms with Crippen LogP contribution in [0.2, 0.25) is 0 Å². The molecule has 0 fully saturated rings. The van der Waals surface area contributed by atoms with Gasteiger partial charge in [0.15, 0.2) is 0 Å². The molecular formula is C13H23N3O2S. The number of amides is 1. The lowest BCUT2D eigenvalue weighted by Gasteiger charge is -2.28. The second-order valence-electron chi connectivity index (χ2n) is 6.09. The Hall–Kier alpha value is -1.14. The second-order valence-corrected chi connectivity index (χ2v) is 6.81. The van der Waals surface area contributed by atoms with Crippen LogP contribution in [0.1, 0.15) is 40.3 Å². The first-order chi connectivity index (χ1) is 8.68. The van der Waals surface area contributed by atoms with Crippen molar-refractivity contribution in [3.63, 3.8) is 0 Å². The Kier molecular flexibility index (Phi) is 5.31. The van der Waals surface area contributed by atoms with E-state index in [1.165, 1.54) is 0 Å². The smallest absolute Gasteiger partial charge is 0.408 e. The standard InChI is InChI=1S/C13H23N3O2S/c1-12(2,3)18-11(17)16-13(4,5)8-14-6-10-7-19-9-15-10/h7,9,14H,6,8H2,1-5H3,(H,16,17). The quantitative estimate of drug-likeness (QED) is 0.872. The number of ether oxygens (including phenoxy) is 1. The fourth-order valence-corrected chi connectivity index (χ4v) is 2.01. The van der Waals surface area contributed by atoms with Crippen molar-refractivity contribution in [1.29, 1.82) is 0 Å². The first-order valence-corrected chi connectivity index (χ1v) is 7.21. The Morgan fingerprint density at radius 2 is 2.05 bits per heavy atom. The van der Waals surface area contributed by atoms with E-state index in [0.29, 0.717) is 13.1 Å². The molecule has 2 N–H and O–H groups in total. The van der Waals surface area contributed by atoms with E-state index in [0.717, 1.165) is 5.69 Å². The van der Waals surface area contributed by atoms with Crippen LogP contribution in [0.4, 0.5) is 4.79 Å². The number of nitrogens with zero attached hydrogens (tertiary/aromatic N) is 1. The van der Waals surface area contributed by atoms with E-state index in [2.05, 4.69) is 15.6 Å². The van der Waals surface area contributed by atoms with Gasteiger partial charge >= 0.3 is 6.09 Å². The summed E-state index contributed by atoms with van der Waals surface area (Å²) in [5.41, 5.74) is 1.96. The molecule has 0 atom stereocenters. The zero-order valence-corrected chi connectivity index (χ0v) is 13.1. The molecule has 0 saturated carbocycles. The van der Waals surface area contributed by atoms with Crippen LogP contribution in [0.3, 0.4) is 0 Å². The normalized spacial score (nSPS) is 12.3. The molecule has 0 unspecified atom stereocenters. The maximum atomic E-state index is 11.7. The van der Waals surface area contributed by atoms with Gasteiger partial charge in [0, 0.05) is 18.5 Å². The summed E-state index contributed by atoms with van der Waals surface area (Å²) in [5.74, 6) is 0. The van der Waals surface area contributed by atoms with Crippen LogP contribution in [0.25, 0.3) is 0 Å². The molecule has 0 spiro atoms. The summed E-state index contributed by atoms with van der Waals surface area (Å²) in [7, 11) is 0. The first-order valence-electron chi connectivity index (χ1n) is 6.27. The van der Waals surface area contributed by atoms with Gasteiger partial charge in [-0.1, -0.05) is 0 Å². The molecule has 0 saturated heterocycles. The lowest BCUT2D eigenvalue weighted by molar-refractivity contribution is 0.0472. The van der Waals surface area contributed by atoms with E-state index >= 15 is 0 Å². The van der Waals surface area contributed by atoms with Gasteiger partial charge in [0.25, 0.3) is 0 Å². The summed E-state index contributed by atoms with van der Waals surface area (Å²) < 4.78 is 5.24. The molecule has 6 heteroatoms. The Morgan fingerprint density at radius 1 is 1.37 bits per heavy atom. The molecule has 0 aromatic carbocycles. The Labute approximate surface area is 118 Å². The van der Waals surface area contributed by atoms with E-state index in [1.807, 2.05) is 40.0 Å². The number of hydrogen-bond acceptors (Lipinski definition) is 5. The zero-order chi connectivity index (χ0) is 14.5. The first kappa shape index (κ1) is 15.9. The monoisotopic (exact) mass is 285 g/mol. The van der Waals surface area contributed by atoms with Gasteiger partial charge in [-0.15, -0.1) is 11.3 Å². The maximum Gasteiger partial charge on any atom is 0.408 e. The van der Waals surface area contributed by atoms with Crippen LogP contribution in [0.5, 0.6) is 0 Å². The SMILES string of the molecule is CC(C)(CNCc1cscn1)NC(=O)OC(C)(C)C. The van der Waals surface area contributed by atoms with Crippen molar-refractivity contribution in [3.8, 4) is 0 Å². The Bertz CT molecular complexity index is 397. The van der Waals surface area contributed by atoms with E-state index in [9.17, 15) is 4.79 Å². The summed E-state index contributed by atoms with van der Waals surface area (Å²) >= 11 is 1.57. The van der Waals surface area contributed by atoms with Gasteiger partial charge in [0.05, 0.1) is 16.7 Å². The minimum absolute atomic E-state index is 0.377. The van der Waals surface area contributed by atoms with E-state index in [4.69, 9.17) is 4.74 Å². The molecule has 0 aliphatic heterocycles. The molecular weight excluding hydrogens is 262 g/mol. The number of hydrogen-bond donors (Lipinski definition) is 2. The molecule has 1 rings (SSSR count). The van der Waals surface area contributed by atoms with Crippen molar-refractivity contribution in [2.75, 3.05) is 6.54 Å². The molecule has 1 aromatic rings. The van der Waals surface area contributed by atoms with Crippen molar-refractivity contribution >= 4 is 17.4 Å². The number of nitrogens with one attached hydrogen (secondary N) is 2. The number of aromatic nitrogens is 1. The highest BCUT2D eigenvalue weighted by atomic mass is 32.1. The van der Waals surface area contributed by atoms with Gasteiger partial charge in [0.2, 0.25) is 0 Å². The molecule has 0 radical (unpaired) electrons. The predicted octanol–water partition coefficient (Wildman–Crippen LogP) is 2.54. The lowest BCUT2D eigenvalue weighted by atomic mass is 10.1. The third-order valence-corrected chi connectivity index (χ3v) is 2.83. The number of rotatable bonds is 5. The minimum atomic E-state index is -0.478. The van der Waals surface area contributed by atoms with Crippen molar-refractivity contribution in [2.24, 2.45) is 0 Å². The molecule has 1 heterocycles. The number of carbonyl (C=O) groups is 1. The summed E-state index contributed by atoms with van der Waals surface area (Å²) in [6.45, 7) is 10.8. The van der Waals surface area contributed by atoms with E-state index in [-0.39, 0.29) is 5.54 Å². The van der Waals surface area contributed by atoms with E-state index in [1.54, 1.807) is 16.8 Å². The minimum Gasteiger partial charge on any atom is -0.444 e. The summed E-state index contributed by atoms with van der Waals surface area (Å²) in [6, 6.07) is 0. The van der Waals surface area contributed by atoms with Crippen LogP contribution < -0.4 is 10.6 Å². The fraction of sp³-hybridized carbons (Fsp3) is 0.692. The van der Waals surface area contributed by atoms with Crippen LogP contribution in [-0.4, -0.2) is 28.8 Å². The lowest BCUT2D eigenvalue weighted by Crippen LogP contribution is -2.51. The van der Waals surface area contributed by atoms with E-state index < -0.39 is 11.7 Å². The molecule has 1 aromatic heterocycles. The average Bonchev–Trinajstić information content (AvgIpc) is 2.65. The molecule has 0 bridgehead atoms. The van der Waals surface area contributed by atoms with Crippen molar-refractivity contribution in [1.82, 2.24) is 15.6 Å². The van der Waals surface area contributed by atoms with Gasteiger partial charge in [0.1, 0.15) is 5.60 Å². The fourth-order valence-electron chi connectivity index (χ4n) is 1.45.